The van der Waals surface area contributed by atoms with Gasteiger partial charge >= 0.3 is 5.97 Å². The predicted octanol–water partition coefficient (Wildman–Crippen LogP) is 3.52. The van der Waals surface area contributed by atoms with Gasteiger partial charge in [0.2, 0.25) is 0 Å². The number of ether oxygens (including phenoxy) is 2. The van der Waals surface area contributed by atoms with Crippen LogP contribution in [0.1, 0.15) is 46.3 Å². The fourth-order valence-corrected chi connectivity index (χ4v) is 3.82. The Balaban J connectivity index is 1.56. The van der Waals surface area contributed by atoms with Crippen molar-refractivity contribution in [3.63, 3.8) is 0 Å². The molecule has 26 heavy (non-hydrogen) atoms. The number of hydrogen-bond donors (Lipinski definition) is 1. The van der Waals surface area contributed by atoms with E-state index in [1.165, 1.54) is 24.0 Å². The van der Waals surface area contributed by atoms with Gasteiger partial charge in [-0.1, -0.05) is 17.4 Å². The number of hydrogen-bond acceptors (Lipinski definition) is 6. The van der Waals surface area contributed by atoms with Gasteiger partial charge in [-0.25, -0.2) is 9.78 Å². The second-order valence-corrected chi connectivity index (χ2v) is 7.13. The minimum absolute atomic E-state index is 0.105. The Morgan fingerprint density at radius 3 is 2.77 bits per heavy atom. The van der Waals surface area contributed by atoms with Crippen molar-refractivity contribution < 1.29 is 19.1 Å². The molecule has 0 bridgehead atoms. The molecule has 1 heterocycles. The number of thiazole rings is 1. The van der Waals surface area contributed by atoms with Crippen LogP contribution in [-0.4, -0.2) is 30.1 Å². The van der Waals surface area contributed by atoms with E-state index in [1.54, 1.807) is 13.8 Å². The maximum atomic E-state index is 12.1. The predicted molar refractivity (Wildman–Crippen MR) is 100 cm³/mol. The minimum atomic E-state index is -0.423. The van der Waals surface area contributed by atoms with Crippen molar-refractivity contribution in [2.24, 2.45) is 0 Å². The highest BCUT2D eigenvalue weighted by Crippen LogP contribution is 2.26. The summed E-state index contributed by atoms with van der Waals surface area (Å²) in [5, 5.41) is 3.03. The lowest BCUT2D eigenvalue weighted by Gasteiger charge is -2.16. The fraction of sp³-hybridized carbons (Fsp3) is 0.421. The third-order valence-corrected chi connectivity index (χ3v) is 5.25. The third kappa shape index (κ3) is 4.40. The van der Waals surface area contributed by atoms with Gasteiger partial charge in [-0.15, -0.1) is 0 Å². The summed E-state index contributed by atoms with van der Waals surface area (Å²) in [6, 6.07) is 6.01. The lowest BCUT2D eigenvalue weighted by molar-refractivity contribution is -0.118. The molecule has 1 N–H and O–H groups in total. The summed E-state index contributed by atoms with van der Waals surface area (Å²) in [6.07, 6.45) is 4.61. The average molecular weight is 374 g/mol. The highest BCUT2D eigenvalue weighted by molar-refractivity contribution is 7.17. The molecule has 1 aliphatic carbocycles. The molecule has 3 rings (SSSR count). The molecule has 0 aliphatic heterocycles. The zero-order valence-electron chi connectivity index (χ0n) is 15.0. The van der Waals surface area contributed by atoms with Crippen molar-refractivity contribution >= 4 is 28.3 Å². The van der Waals surface area contributed by atoms with Gasteiger partial charge in [-0.2, -0.15) is 0 Å². The zero-order valence-corrected chi connectivity index (χ0v) is 15.8. The van der Waals surface area contributed by atoms with E-state index in [2.05, 4.69) is 16.4 Å². The van der Waals surface area contributed by atoms with Crippen LogP contribution in [0.15, 0.2) is 18.2 Å². The number of amides is 1. The van der Waals surface area contributed by atoms with Crippen LogP contribution < -0.4 is 10.1 Å². The summed E-state index contributed by atoms with van der Waals surface area (Å²) in [6.45, 7) is 3.65. The van der Waals surface area contributed by atoms with Crippen LogP contribution in [0.25, 0.3) is 0 Å². The Hall–Kier alpha value is -2.41. The number of carbonyl (C=O) groups excluding carboxylic acids is 2. The summed E-state index contributed by atoms with van der Waals surface area (Å²) in [5.74, 6) is -0.0384. The number of fused-ring (bicyclic) bond motifs is 1. The number of aromatic nitrogens is 1. The van der Waals surface area contributed by atoms with E-state index in [9.17, 15) is 9.59 Å². The number of carbonyl (C=O) groups is 2. The molecule has 6 nitrogen and oxygen atoms in total. The van der Waals surface area contributed by atoms with E-state index in [1.807, 2.05) is 12.1 Å². The molecule has 0 fully saturated rings. The largest absolute Gasteiger partial charge is 0.484 e. The topological polar surface area (TPSA) is 77.5 Å². The van der Waals surface area contributed by atoms with Gasteiger partial charge in [0.25, 0.3) is 5.91 Å². The van der Waals surface area contributed by atoms with Gasteiger partial charge in [-0.05, 0) is 62.8 Å². The molecule has 0 saturated heterocycles. The molecule has 2 aromatic rings. The van der Waals surface area contributed by atoms with Crippen molar-refractivity contribution in [3.05, 3.63) is 39.9 Å². The zero-order chi connectivity index (χ0) is 18.5. The standard InChI is InChI=1S/C19H22N2O4S/c1-3-24-18(23)17-12(2)20-19(26-17)21-16(22)11-25-15-9-8-13-6-4-5-7-14(13)10-15/h8-10H,3-7,11H2,1-2H3,(H,20,21,22). The summed E-state index contributed by atoms with van der Waals surface area (Å²) in [5.41, 5.74) is 3.22. The first-order valence-electron chi connectivity index (χ1n) is 8.76. The normalized spacial score (nSPS) is 13.0. The van der Waals surface area contributed by atoms with Crippen molar-refractivity contribution in [1.82, 2.24) is 4.98 Å². The Kier molecular flexibility index (Phi) is 5.88. The van der Waals surface area contributed by atoms with Gasteiger partial charge in [0.1, 0.15) is 10.6 Å². The monoisotopic (exact) mass is 374 g/mol. The molecule has 138 valence electrons. The highest BCUT2D eigenvalue weighted by Gasteiger charge is 2.18. The second-order valence-electron chi connectivity index (χ2n) is 6.13. The SMILES string of the molecule is CCOC(=O)c1sc(NC(=O)COc2ccc3c(c2)CCCC3)nc1C. The summed E-state index contributed by atoms with van der Waals surface area (Å²) < 4.78 is 10.6. The maximum absolute atomic E-state index is 12.1. The molecule has 1 aliphatic rings. The molecular weight excluding hydrogens is 352 g/mol. The lowest BCUT2D eigenvalue weighted by atomic mass is 9.92. The molecule has 1 aromatic heterocycles. The van der Waals surface area contributed by atoms with Crippen LogP contribution >= 0.6 is 11.3 Å². The summed E-state index contributed by atoms with van der Waals surface area (Å²) in [4.78, 5) is 28.5. The number of nitrogens with zero attached hydrogens (tertiary/aromatic N) is 1. The quantitative estimate of drug-likeness (QED) is 0.783. The Labute approximate surface area is 156 Å². The van der Waals surface area contributed by atoms with Gasteiger partial charge in [0.05, 0.1) is 12.3 Å². The number of benzene rings is 1. The molecule has 0 saturated carbocycles. The minimum Gasteiger partial charge on any atom is -0.484 e. The number of aryl methyl sites for hydroxylation is 3. The Morgan fingerprint density at radius 1 is 1.23 bits per heavy atom. The molecule has 1 aromatic carbocycles. The molecule has 7 heteroatoms. The van der Waals surface area contributed by atoms with Crippen LogP contribution in [0.4, 0.5) is 5.13 Å². The number of rotatable bonds is 6. The van der Waals surface area contributed by atoms with E-state index in [0.717, 1.165) is 24.2 Å². The molecule has 0 spiro atoms. The van der Waals surface area contributed by atoms with Crippen LogP contribution in [0.3, 0.4) is 0 Å². The van der Waals surface area contributed by atoms with E-state index in [4.69, 9.17) is 9.47 Å². The molecule has 0 unspecified atom stereocenters. The van der Waals surface area contributed by atoms with Crippen molar-refractivity contribution in [3.8, 4) is 5.75 Å². The molecular formula is C19H22N2O4S. The Morgan fingerprint density at radius 2 is 2.00 bits per heavy atom. The smallest absolute Gasteiger partial charge is 0.350 e. The molecule has 0 radical (unpaired) electrons. The Bertz CT molecular complexity index is 816. The van der Waals surface area contributed by atoms with Crippen LogP contribution in [0.5, 0.6) is 5.75 Å². The summed E-state index contributed by atoms with van der Waals surface area (Å²) >= 11 is 1.10. The molecule has 1 amide bonds. The van der Waals surface area contributed by atoms with Gasteiger partial charge in [0.15, 0.2) is 11.7 Å². The van der Waals surface area contributed by atoms with E-state index >= 15 is 0 Å². The van der Waals surface area contributed by atoms with Crippen molar-refractivity contribution in [1.29, 1.82) is 0 Å². The van der Waals surface area contributed by atoms with Crippen LogP contribution in [-0.2, 0) is 22.4 Å². The van der Waals surface area contributed by atoms with E-state index in [0.29, 0.717) is 28.1 Å². The maximum Gasteiger partial charge on any atom is 0.350 e. The molecule has 0 atom stereocenters. The first kappa shape index (κ1) is 18.4. The first-order valence-corrected chi connectivity index (χ1v) is 9.57. The number of esters is 1. The number of nitrogens with one attached hydrogen (secondary N) is 1. The second kappa shape index (κ2) is 8.31. The van der Waals surface area contributed by atoms with E-state index < -0.39 is 5.97 Å². The highest BCUT2D eigenvalue weighted by atomic mass is 32.1. The number of anilines is 1. The summed E-state index contributed by atoms with van der Waals surface area (Å²) in [7, 11) is 0. The van der Waals surface area contributed by atoms with Gasteiger partial charge in [0, 0.05) is 0 Å². The third-order valence-electron chi connectivity index (χ3n) is 4.19. The van der Waals surface area contributed by atoms with Crippen molar-refractivity contribution in [2.45, 2.75) is 39.5 Å². The fourth-order valence-electron chi connectivity index (χ4n) is 2.94. The van der Waals surface area contributed by atoms with Crippen LogP contribution in [0, 0.1) is 6.92 Å². The average Bonchev–Trinajstić information content (AvgIpc) is 3.00. The first-order chi connectivity index (χ1) is 12.6. The lowest BCUT2D eigenvalue weighted by Crippen LogP contribution is -2.20. The van der Waals surface area contributed by atoms with Crippen LogP contribution in [0.2, 0.25) is 0 Å². The van der Waals surface area contributed by atoms with Crippen molar-refractivity contribution in [2.75, 3.05) is 18.5 Å². The van der Waals surface area contributed by atoms with E-state index in [-0.39, 0.29) is 12.5 Å². The van der Waals surface area contributed by atoms with Gasteiger partial charge < -0.3 is 9.47 Å². The van der Waals surface area contributed by atoms with Gasteiger partial charge in [-0.3, -0.25) is 10.1 Å².